The lowest BCUT2D eigenvalue weighted by molar-refractivity contribution is -0.137. The number of hydrogen-bond acceptors (Lipinski definition) is 4. The van der Waals surface area contributed by atoms with Crippen LogP contribution in [0.3, 0.4) is 0 Å². The molecule has 1 heterocycles. The van der Waals surface area contributed by atoms with Crippen LogP contribution in [-0.2, 0) is 9.53 Å². The smallest absolute Gasteiger partial charge is 0.330 e. The second-order valence-corrected chi connectivity index (χ2v) is 4.44. The molecule has 0 saturated heterocycles. The van der Waals surface area contributed by atoms with Crippen LogP contribution in [0.15, 0.2) is 36.8 Å². The molecule has 5 nitrogen and oxygen atoms in total. The summed E-state index contributed by atoms with van der Waals surface area (Å²) in [5, 5.41) is 0. The van der Waals surface area contributed by atoms with Gasteiger partial charge in [0, 0.05) is 12.3 Å². The summed E-state index contributed by atoms with van der Waals surface area (Å²) in [5.41, 5.74) is 2.69. The van der Waals surface area contributed by atoms with E-state index in [4.69, 9.17) is 9.47 Å². The van der Waals surface area contributed by atoms with E-state index in [9.17, 15) is 4.79 Å². The summed E-state index contributed by atoms with van der Waals surface area (Å²) < 4.78 is 12.1. The number of carbonyl (C=O) groups excluding carboxylic acids is 1. The van der Waals surface area contributed by atoms with Crippen molar-refractivity contribution in [3.63, 3.8) is 0 Å². The standard InChI is InChI=1S/C16H18N2O3/c1-4-21-16(19)8-6-13-5-7-14(15(9-13)20-3)18-10-12(2)17-11-18/h5-11H,4H2,1-3H3/b8-6+. The van der Waals surface area contributed by atoms with Crippen molar-refractivity contribution in [2.24, 2.45) is 0 Å². The highest BCUT2D eigenvalue weighted by atomic mass is 16.5. The molecular weight excluding hydrogens is 268 g/mol. The molecule has 110 valence electrons. The molecular formula is C16H18N2O3. The van der Waals surface area contributed by atoms with Crippen molar-refractivity contribution >= 4 is 12.0 Å². The van der Waals surface area contributed by atoms with Gasteiger partial charge in [-0.15, -0.1) is 0 Å². The number of rotatable bonds is 5. The van der Waals surface area contributed by atoms with Gasteiger partial charge in [0.2, 0.25) is 0 Å². The molecule has 0 fully saturated rings. The lowest BCUT2D eigenvalue weighted by Gasteiger charge is -2.09. The summed E-state index contributed by atoms with van der Waals surface area (Å²) in [7, 11) is 1.61. The average molecular weight is 286 g/mol. The van der Waals surface area contributed by atoms with Gasteiger partial charge >= 0.3 is 5.97 Å². The molecule has 0 atom stereocenters. The first kappa shape index (κ1) is 14.8. The van der Waals surface area contributed by atoms with Gasteiger partial charge in [-0.05, 0) is 37.6 Å². The average Bonchev–Trinajstić information content (AvgIpc) is 2.91. The minimum atomic E-state index is -0.356. The molecule has 0 N–H and O–H groups in total. The molecule has 0 aliphatic rings. The maximum absolute atomic E-state index is 11.3. The number of aromatic nitrogens is 2. The summed E-state index contributed by atoms with van der Waals surface area (Å²) >= 11 is 0. The Kier molecular flexibility index (Phi) is 4.77. The number of hydrogen-bond donors (Lipinski definition) is 0. The first-order valence-corrected chi connectivity index (χ1v) is 6.68. The number of aryl methyl sites for hydroxylation is 1. The number of imidazole rings is 1. The number of carbonyl (C=O) groups is 1. The minimum absolute atomic E-state index is 0.356. The predicted molar refractivity (Wildman–Crippen MR) is 80.5 cm³/mol. The molecule has 2 rings (SSSR count). The lowest BCUT2D eigenvalue weighted by atomic mass is 10.1. The molecule has 21 heavy (non-hydrogen) atoms. The van der Waals surface area contributed by atoms with Gasteiger partial charge in [0.05, 0.1) is 31.4 Å². The molecule has 1 aromatic heterocycles. The van der Waals surface area contributed by atoms with E-state index in [2.05, 4.69) is 4.98 Å². The van der Waals surface area contributed by atoms with Gasteiger partial charge < -0.3 is 14.0 Å². The Morgan fingerprint density at radius 3 is 2.86 bits per heavy atom. The summed E-state index contributed by atoms with van der Waals surface area (Å²) in [6.07, 6.45) is 6.76. The molecule has 5 heteroatoms. The van der Waals surface area contributed by atoms with E-state index in [0.29, 0.717) is 12.4 Å². The molecule has 0 aliphatic carbocycles. The summed E-state index contributed by atoms with van der Waals surface area (Å²) in [6, 6.07) is 5.69. The summed E-state index contributed by atoms with van der Waals surface area (Å²) in [4.78, 5) is 15.5. The maximum atomic E-state index is 11.3. The van der Waals surface area contributed by atoms with Gasteiger partial charge in [0.25, 0.3) is 0 Å². The van der Waals surface area contributed by atoms with Crippen molar-refractivity contribution in [1.29, 1.82) is 0 Å². The molecule has 0 aliphatic heterocycles. The van der Waals surface area contributed by atoms with Gasteiger partial charge in [-0.3, -0.25) is 0 Å². The zero-order chi connectivity index (χ0) is 15.2. The van der Waals surface area contributed by atoms with E-state index in [1.165, 1.54) is 6.08 Å². The molecule has 0 saturated carbocycles. The van der Waals surface area contributed by atoms with Gasteiger partial charge in [-0.1, -0.05) is 6.07 Å². The highest BCUT2D eigenvalue weighted by molar-refractivity contribution is 5.87. The van der Waals surface area contributed by atoms with Crippen molar-refractivity contribution < 1.29 is 14.3 Å². The van der Waals surface area contributed by atoms with Crippen molar-refractivity contribution in [1.82, 2.24) is 9.55 Å². The number of esters is 1. The molecule has 0 bridgehead atoms. The van der Waals surface area contributed by atoms with E-state index in [1.807, 2.05) is 35.9 Å². The molecule has 0 unspecified atom stereocenters. The SMILES string of the molecule is CCOC(=O)/C=C/c1ccc(-n2cnc(C)c2)c(OC)c1. The maximum Gasteiger partial charge on any atom is 0.330 e. The van der Waals surface area contributed by atoms with Crippen LogP contribution in [0.4, 0.5) is 0 Å². The third kappa shape index (κ3) is 3.72. The molecule has 0 radical (unpaired) electrons. The zero-order valence-corrected chi connectivity index (χ0v) is 12.4. The van der Waals surface area contributed by atoms with Crippen molar-refractivity contribution in [3.8, 4) is 11.4 Å². The largest absolute Gasteiger partial charge is 0.495 e. The third-order valence-corrected chi connectivity index (χ3v) is 2.89. The molecule has 1 aromatic carbocycles. The van der Waals surface area contributed by atoms with Crippen LogP contribution in [0.25, 0.3) is 11.8 Å². The van der Waals surface area contributed by atoms with Crippen LogP contribution < -0.4 is 4.74 Å². The fourth-order valence-corrected chi connectivity index (χ4v) is 1.92. The molecule has 2 aromatic rings. The van der Waals surface area contributed by atoms with Crippen LogP contribution in [0.5, 0.6) is 5.75 Å². The van der Waals surface area contributed by atoms with E-state index in [-0.39, 0.29) is 5.97 Å². The van der Waals surface area contributed by atoms with Crippen LogP contribution in [0, 0.1) is 6.92 Å². The van der Waals surface area contributed by atoms with E-state index in [0.717, 1.165) is 16.9 Å². The second-order valence-electron chi connectivity index (χ2n) is 4.44. The number of nitrogens with zero attached hydrogens (tertiary/aromatic N) is 2. The number of methoxy groups -OCH3 is 1. The number of ether oxygens (including phenoxy) is 2. The molecule has 0 spiro atoms. The lowest BCUT2D eigenvalue weighted by Crippen LogP contribution is -1.99. The second kappa shape index (κ2) is 6.74. The van der Waals surface area contributed by atoms with Crippen LogP contribution in [0.1, 0.15) is 18.2 Å². The highest BCUT2D eigenvalue weighted by Gasteiger charge is 2.06. The Labute approximate surface area is 123 Å². The van der Waals surface area contributed by atoms with Gasteiger partial charge in [0.1, 0.15) is 5.75 Å². The number of benzene rings is 1. The Bertz CT molecular complexity index is 659. The van der Waals surface area contributed by atoms with Crippen LogP contribution in [-0.4, -0.2) is 29.2 Å². The van der Waals surface area contributed by atoms with E-state index >= 15 is 0 Å². The monoisotopic (exact) mass is 286 g/mol. The topological polar surface area (TPSA) is 53.4 Å². The first-order valence-electron chi connectivity index (χ1n) is 6.68. The quantitative estimate of drug-likeness (QED) is 0.626. The van der Waals surface area contributed by atoms with Crippen molar-refractivity contribution in [2.75, 3.05) is 13.7 Å². The Morgan fingerprint density at radius 1 is 1.43 bits per heavy atom. The van der Waals surface area contributed by atoms with Crippen molar-refractivity contribution in [3.05, 3.63) is 48.1 Å². The van der Waals surface area contributed by atoms with Crippen molar-refractivity contribution in [2.45, 2.75) is 13.8 Å². The first-order chi connectivity index (χ1) is 10.1. The Balaban J connectivity index is 2.26. The van der Waals surface area contributed by atoms with Gasteiger partial charge in [-0.2, -0.15) is 0 Å². The third-order valence-electron chi connectivity index (χ3n) is 2.89. The normalized spacial score (nSPS) is 10.8. The van der Waals surface area contributed by atoms with E-state index in [1.54, 1.807) is 26.4 Å². The Morgan fingerprint density at radius 2 is 2.24 bits per heavy atom. The van der Waals surface area contributed by atoms with E-state index < -0.39 is 0 Å². The zero-order valence-electron chi connectivity index (χ0n) is 12.4. The summed E-state index contributed by atoms with van der Waals surface area (Å²) in [6.45, 7) is 4.07. The molecule has 0 amide bonds. The minimum Gasteiger partial charge on any atom is -0.495 e. The van der Waals surface area contributed by atoms with Crippen LogP contribution >= 0.6 is 0 Å². The van der Waals surface area contributed by atoms with Gasteiger partial charge in [-0.25, -0.2) is 9.78 Å². The fourth-order valence-electron chi connectivity index (χ4n) is 1.92. The predicted octanol–water partition coefficient (Wildman–Crippen LogP) is 2.77. The Hall–Kier alpha value is -2.56. The summed E-state index contributed by atoms with van der Waals surface area (Å²) in [5.74, 6) is 0.351. The highest BCUT2D eigenvalue weighted by Crippen LogP contribution is 2.25. The van der Waals surface area contributed by atoms with Crippen LogP contribution in [0.2, 0.25) is 0 Å². The fraction of sp³-hybridized carbons (Fsp3) is 0.250. The van der Waals surface area contributed by atoms with Gasteiger partial charge in [0.15, 0.2) is 0 Å².